The van der Waals surface area contributed by atoms with Gasteiger partial charge in [-0.2, -0.15) is 0 Å². The van der Waals surface area contributed by atoms with Crippen LogP contribution in [0.5, 0.6) is 0 Å². The molecule has 0 aromatic carbocycles. The van der Waals surface area contributed by atoms with Gasteiger partial charge in [-0.25, -0.2) is 0 Å². The van der Waals surface area contributed by atoms with Crippen molar-refractivity contribution in [1.82, 2.24) is 0 Å². The van der Waals surface area contributed by atoms with Crippen LogP contribution in [0, 0.1) is 28.6 Å². The zero-order valence-corrected chi connectivity index (χ0v) is 13.5. The van der Waals surface area contributed by atoms with Gasteiger partial charge in [-0.15, -0.1) is 0 Å². The third-order valence-corrected chi connectivity index (χ3v) is 7.88. The van der Waals surface area contributed by atoms with Gasteiger partial charge in [0.05, 0.1) is 0 Å². The minimum Gasteiger partial charge on any atom is -0.396 e. The Kier molecular flexibility index (Phi) is 2.96. The first-order valence-electron chi connectivity index (χ1n) is 8.84. The van der Waals surface area contributed by atoms with E-state index in [1.165, 1.54) is 37.7 Å². The Labute approximate surface area is 128 Å². The van der Waals surface area contributed by atoms with Crippen molar-refractivity contribution in [1.29, 1.82) is 0 Å². The monoisotopic (exact) mass is 288 g/mol. The second kappa shape index (κ2) is 4.44. The lowest BCUT2D eigenvalue weighted by Gasteiger charge is -2.57. The van der Waals surface area contributed by atoms with E-state index in [1.54, 1.807) is 0 Å². The Morgan fingerprint density at radius 3 is 2.76 bits per heavy atom. The summed E-state index contributed by atoms with van der Waals surface area (Å²) in [7, 11) is 0. The van der Waals surface area contributed by atoms with Crippen molar-refractivity contribution in [3.8, 4) is 0 Å². The van der Waals surface area contributed by atoms with Crippen LogP contribution in [0.1, 0.15) is 65.2 Å². The molecule has 0 radical (unpaired) electrons. The Hall–Kier alpha value is -0.630. The van der Waals surface area contributed by atoms with Gasteiger partial charge in [0.2, 0.25) is 0 Å². The highest BCUT2D eigenvalue weighted by Crippen LogP contribution is 2.69. The van der Waals surface area contributed by atoms with Crippen molar-refractivity contribution in [2.45, 2.75) is 65.2 Å². The summed E-state index contributed by atoms with van der Waals surface area (Å²) in [5.41, 5.74) is 3.35. The average molecular weight is 288 g/mol. The smallest absolute Gasteiger partial charge is 0.158 e. The maximum atomic E-state index is 12.1. The van der Waals surface area contributed by atoms with Gasteiger partial charge in [0.15, 0.2) is 5.78 Å². The SMILES string of the molecule is CC1=C2CC[C@@]34C[C@H](CO)[C@@H](CC[C@@H]3[C@@]2(C)CCC1=O)C4. The number of hydrogen-bond donors (Lipinski definition) is 1. The normalized spacial score (nSPS) is 49.1. The molecule has 21 heavy (non-hydrogen) atoms. The molecule has 0 saturated heterocycles. The molecule has 3 saturated carbocycles. The minimum absolute atomic E-state index is 0.269. The first-order chi connectivity index (χ1) is 10.00. The zero-order valence-electron chi connectivity index (χ0n) is 13.5. The first kappa shape index (κ1) is 14.0. The van der Waals surface area contributed by atoms with E-state index in [0.717, 1.165) is 36.7 Å². The van der Waals surface area contributed by atoms with Crippen molar-refractivity contribution < 1.29 is 9.90 Å². The van der Waals surface area contributed by atoms with Gasteiger partial charge in [-0.1, -0.05) is 12.5 Å². The van der Waals surface area contributed by atoms with E-state index in [0.29, 0.717) is 23.7 Å². The lowest BCUT2D eigenvalue weighted by atomic mass is 9.47. The molecule has 4 aliphatic rings. The highest BCUT2D eigenvalue weighted by Gasteiger charge is 2.60. The molecule has 0 aliphatic heterocycles. The second-order valence-corrected chi connectivity index (χ2v) is 8.55. The Balaban J connectivity index is 1.76. The molecule has 2 heteroatoms. The highest BCUT2D eigenvalue weighted by atomic mass is 16.3. The molecule has 4 rings (SSSR count). The first-order valence-corrected chi connectivity index (χ1v) is 8.84. The molecule has 0 amide bonds. The van der Waals surface area contributed by atoms with Gasteiger partial charge in [0, 0.05) is 13.0 Å². The molecule has 2 bridgehead atoms. The number of ketones is 1. The van der Waals surface area contributed by atoms with E-state index in [4.69, 9.17) is 0 Å². The van der Waals surface area contributed by atoms with Crippen molar-refractivity contribution in [3.63, 3.8) is 0 Å². The van der Waals surface area contributed by atoms with E-state index in [9.17, 15) is 9.90 Å². The van der Waals surface area contributed by atoms with Gasteiger partial charge < -0.3 is 5.11 Å². The average Bonchev–Trinajstić information content (AvgIpc) is 2.74. The van der Waals surface area contributed by atoms with Crippen molar-refractivity contribution in [2.24, 2.45) is 28.6 Å². The van der Waals surface area contributed by atoms with Crippen LogP contribution in [0.3, 0.4) is 0 Å². The molecule has 0 aromatic rings. The van der Waals surface area contributed by atoms with Gasteiger partial charge in [0.25, 0.3) is 0 Å². The highest BCUT2D eigenvalue weighted by molar-refractivity contribution is 5.96. The number of aliphatic hydroxyl groups is 1. The summed E-state index contributed by atoms with van der Waals surface area (Å²) in [5.74, 6) is 2.47. The predicted octanol–water partition coefficient (Wildman–Crippen LogP) is 3.88. The van der Waals surface area contributed by atoms with E-state index in [2.05, 4.69) is 13.8 Å². The maximum absolute atomic E-state index is 12.1. The number of carbonyl (C=O) groups is 1. The molecule has 0 unspecified atom stereocenters. The van der Waals surface area contributed by atoms with Crippen LogP contribution >= 0.6 is 0 Å². The number of aliphatic hydroxyl groups excluding tert-OH is 1. The standard InChI is InChI=1S/C19H28O2/c1-12-15-5-8-19-9-13(14(10-19)11-20)3-4-17(19)18(15,2)7-6-16(12)21/h13-14,17,20H,3-11H2,1-2H3/t13-,14+,17+,18-,19+/m0/s1. The van der Waals surface area contributed by atoms with Crippen molar-refractivity contribution in [3.05, 3.63) is 11.1 Å². The molecular formula is C19H28O2. The van der Waals surface area contributed by atoms with Crippen LogP contribution in [-0.4, -0.2) is 17.5 Å². The summed E-state index contributed by atoms with van der Waals surface area (Å²) in [6.45, 7) is 4.91. The fourth-order valence-electron chi connectivity index (χ4n) is 6.90. The summed E-state index contributed by atoms with van der Waals surface area (Å²) >= 11 is 0. The third-order valence-electron chi connectivity index (χ3n) is 7.88. The van der Waals surface area contributed by atoms with E-state index < -0.39 is 0 Å². The lowest BCUT2D eigenvalue weighted by molar-refractivity contribution is -0.118. The minimum atomic E-state index is 0.269. The fraction of sp³-hybridized carbons (Fsp3) is 0.842. The van der Waals surface area contributed by atoms with E-state index in [1.807, 2.05) is 0 Å². The van der Waals surface area contributed by atoms with Gasteiger partial charge >= 0.3 is 0 Å². The topological polar surface area (TPSA) is 37.3 Å². The summed E-state index contributed by atoms with van der Waals surface area (Å²) in [6, 6.07) is 0. The van der Waals surface area contributed by atoms with Crippen molar-refractivity contribution in [2.75, 3.05) is 6.61 Å². The maximum Gasteiger partial charge on any atom is 0.158 e. The molecule has 4 aliphatic carbocycles. The lowest BCUT2D eigenvalue weighted by Crippen LogP contribution is -2.49. The summed E-state index contributed by atoms with van der Waals surface area (Å²) in [4.78, 5) is 12.1. The predicted molar refractivity (Wildman–Crippen MR) is 82.7 cm³/mol. The Morgan fingerprint density at radius 1 is 1.19 bits per heavy atom. The molecule has 2 nitrogen and oxygen atoms in total. The Bertz CT molecular complexity index is 520. The largest absolute Gasteiger partial charge is 0.396 e. The number of rotatable bonds is 1. The third kappa shape index (κ3) is 1.72. The van der Waals surface area contributed by atoms with Crippen molar-refractivity contribution >= 4 is 5.78 Å². The van der Waals surface area contributed by atoms with E-state index in [-0.39, 0.29) is 5.41 Å². The van der Waals surface area contributed by atoms with Crippen LogP contribution in [0.2, 0.25) is 0 Å². The van der Waals surface area contributed by atoms with E-state index >= 15 is 0 Å². The number of Topliss-reactive ketones (excluding diaryl/α,β-unsaturated/α-hetero) is 1. The summed E-state index contributed by atoms with van der Waals surface area (Å²) in [6.07, 6.45) is 9.43. The second-order valence-electron chi connectivity index (χ2n) is 8.55. The van der Waals surface area contributed by atoms with Gasteiger partial charge in [0.1, 0.15) is 0 Å². The molecule has 0 heterocycles. The fourth-order valence-corrected chi connectivity index (χ4v) is 6.90. The summed E-state index contributed by atoms with van der Waals surface area (Å²) < 4.78 is 0. The molecular weight excluding hydrogens is 260 g/mol. The summed E-state index contributed by atoms with van der Waals surface area (Å²) in [5, 5.41) is 9.72. The quantitative estimate of drug-likeness (QED) is 0.795. The molecule has 1 N–H and O–H groups in total. The van der Waals surface area contributed by atoms with Crippen LogP contribution in [0.25, 0.3) is 0 Å². The van der Waals surface area contributed by atoms with Crippen LogP contribution in [-0.2, 0) is 4.79 Å². The number of hydrogen-bond acceptors (Lipinski definition) is 2. The van der Waals surface area contributed by atoms with Gasteiger partial charge in [-0.3, -0.25) is 4.79 Å². The van der Waals surface area contributed by atoms with Crippen LogP contribution in [0.15, 0.2) is 11.1 Å². The molecule has 1 spiro atoms. The molecule has 116 valence electrons. The van der Waals surface area contributed by atoms with Crippen LogP contribution in [0.4, 0.5) is 0 Å². The number of allylic oxidation sites excluding steroid dienone is 2. The number of carbonyl (C=O) groups excluding carboxylic acids is 1. The van der Waals surface area contributed by atoms with Gasteiger partial charge in [-0.05, 0) is 86.0 Å². The molecule has 0 aromatic heterocycles. The molecule has 5 atom stereocenters. The number of fused-ring (bicyclic) bond motifs is 3. The van der Waals surface area contributed by atoms with Crippen LogP contribution < -0.4 is 0 Å². The molecule has 3 fully saturated rings. The Morgan fingerprint density at radius 2 is 2.00 bits per heavy atom. The zero-order chi connectivity index (χ0) is 14.8.